The van der Waals surface area contributed by atoms with Crippen molar-refractivity contribution in [1.29, 1.82) is 5.26 Å². The monoisotopic (exact) mass is 276 g/mol. The first kappa shape index (κ1) is 13.3. The number of amides is 1. The molecule has 19 heavy (non-hydrogen) atoms. The lowest BCUT2D eigenvalue weighted by Gasteiger charge is -2.24. The Morgan fingerprint density at radius 3 is 2.42 bits per heavy atom. The van der Waals surface area contributed by atoms with Crippen LogP contribution < -0.4 is 0 Å². The van der Waals surface area contributed by atoms with Crippen molar-refractivity contribution in [2.75, 3.05) is 6.54 Å². The molecule has 1 heterocycles. The van der Waals surface area contributed by atoms with Crippen LogP contribution in [-0.2, 0) is 14.8 Å². The van der Waals surface area contributed by atoms with Crippen molar-refractivity contribution in [3.8, 4) is 6.07 Å². The molecule has 98 valence electrons. The van der Waals surface area contributed by atoms with Crippen LogP contribution in [0.15, 0.2) is 40.8 Å². The lowest BCUT2D eigenvalue weighted by molar-refractivity contribution is -0.122. The van der Waals surface area contributed by atoms with Crippen molar-refractivity contribution < 1.29 is 13.2 Å². The molecule has 1 aliphatic rings. The maximum atomic E-state index is 12.3. The van der Waals surface area contributed by atoms with Gasteiger partial charge < -0.3 is 0 Å². The van der Waals surface area contributed by atoms with E-state index in [2.05, 4.69) is 0 Å². The number of aryl methyl sites for hydroxylation is 1. The van der Waals surface area contributed by atoms with Crippen LogP contribution in [0.25, 0.3) is 0 Å². The van der Waals surface area contributed by atoms with E-state index in [1.807, 2.05) is 13.0 Å². The Morgan fingerprint density at radius 1 is 1.26 bits per heavy atom. The maximum absolute atomic E-state index is 12.3. The Balaban J connectivity index is 2.37. The van der Waals surface area contributed by atoms with Gasteiger partial charge in [-0.25, -0.2) is 12.7 Å². The molecule has 0 saturated heterocycles. The van der Waals surface area contributed by atoms with Crippen molar-refractivity contribution in [3.63, 3.8) is 0 Å². The van der Waals surface area contributed by atoms with E-state index in [-0.39, 0.29) is 17.9 Å². The number of nitrogens with zero attached hydrogens (tertiary/aromatic N) is 2. The van der Waals surface area contributed by atoms with E-state index in [4.69, 9.17) is 5.26 Å². The number of hydrogen-bond acceptors (Lipinski definition) is 4. The Bertz CT molecular complexity index is 682. The highest BCUT2D eigenvalue weighted by atomic mass is 32.2. The van der Waals surface area contributed by atoms with Gasteiger partial charge in [-0.2, -0.15) is 5.26 Å². The molecule has 0 bridgehead atoms. The van der Waals surface area contributed by atoms with Crippen LogP contribution in [-0.4, -0.2) is 25.2 Å². The Kier molecular flexibility index (Phi) is 3.40. The number of nitriles is 1. The highest BCUT2D eigenvalue weighted by Gasteiger charge is 2.30. The summed E-state index contributed by atoms with van der Waals surface area (Å²) < 4.78 is 25.4. The Hall–Kier alpha value is -2.13. The lowest BCUT2D eigenvalue weighted by Crippen LogP contribution is -2.39. The van der Waals surface area contributed by atoms with Gasteiger partial charge in [0.05, 0.1) is 11.0 Å². The fraction of sp³-hybridized carbons (Fsp3) is 0.231. The molecule has 5 nitrogen and oxygen atoms in total. The minimum atomic E-state index is -3.83. The molecule has 0 atom stereocenters. The van der Waals surface area contributed by atoms with Gasteiger partial charge in [0.1, 0.15) is 0 Å². The standard InChI is InChI=1S/C13H12N2O3S/c1-10-2-4-12(5-3-10)19(17,18)15-7-6-11(9-14)8-13(15)16/h2-5,8H,6-7H2,1H3. The molecule has 0 aromatic heterocycles. The topological polar surface area (TPSA) is 78.2 Å². The average molecular weight is 276 g/mol. The summed E-state index contributed by atoms with van der Waals surface area (Å²) in [6, 6.07) is 8.18. The molecule has 0 aliphatic carbocycles. The van der Waals surface area contributed by atoms with Gasteiger partial charge in [0.25, 0.3) is 15.9 Å². The van der Waals surface area contributed by atoms with Gasteiger partial charge in [-0.3, -0.25) is 4.79 Å². The zero-order valence-corrected chi connectivity index (χ0v) is 11.1. The predicted octanol–water partition coefficient (Wildman–Crippen LogP) is 1.37. The largest absolute Gasteiger partial charge is 0.269 e. The summed E-state index contributed by atoms with van der Waals surface area (Å²) in [5, 5.41) is 8.71. The van der Waals surface area contributed by atoms with Crippen LogP contribution in [0.3, 0.4) is 0 Å². The molecule has 0 fully saturated rings. The second kappa shape index (κ2) is 4.86. The molecule has 1 aromatic carbocycles. The van der Waals surface area contributed by atoms with E-state index < -0.39 is 15.9 Å². The third-order valence-corrected chi connectivity index (χ3v) is 4.69. The van der Waals surface area contributed by atoms with Gasteiger partial charge in [0.2, 0.25) is 0 Å². The molecular formula is C13H12N2O3S. The van der Waals surface area contributed by atoms with Gasteiger partial charge in [0, 0.05) is 24.6 Å². The zero-order valence-electron chi connectivity index (χ0n) is 10.3. The van der Waals surface area contributed by atoms with Crippen LogP contribution in [0.5, 0.6) is 0 Å². The molecule has 2 rings (SSSR count). The van der Waals surface area contributed by atoms with Crippen molar-refractivity contribution in [3.05, 3.63) is 41.5 Å². The number of hydrogen-bond donors (Lipinski definition) is 0. The molecular weight excluding hydrogens is 264 g/mol. The summed E-state index contributed by atoms with van der Waals surface area (Å²) in [5.41, 5.74) is 1.25. The van der Waals surface area contributed by atoms with Crippen LogP contribution in [0.2, 0.25) is 0 Å². The molecule has 0 saturated carbocycles. The van der Waals surface area contributed by atoms with Gasteiger partial charge in [-0.1, -0.05) is 17.7 Å². The molecule has 1 amide bonds. The van der Waals surface area contributed by atoms with Crippen LogP contribution in [0.4, 0.5) is 0 Å². The molecule has 6 heteroatoms. The molecule has 1 aromatic rings. The number of benzene rings is 1. The number of carbonyl (C=O) groups is 1. The van der Waals surface area contributed by atoms with Crippen LogP contribution >= 0.6 is 0 Å². The van der Waals surface area contributed by atoms with Crippen LogP contribution in [0.1, 0.15) is 12.0 Å². The first-order valence-electron chi connectivity index (χ1n) is 5.69. The quantitative estimate of drug-likeness (QED) is 0.817. The summed E-state index contributed by atoms with van der Waals surface area (Å²) in [4.78, 5) is 11.9. The van der Waals surface area contributed by atoms with Crippen molar-refractivity contribution in [2.45, 2.75) is 18.2 Å². The average Bonchev–Trinajstić information content (AvgIpc) is 2.38. The lowest BCUT2D eigenvalue weighted by atomic mass is 10.1. The van der Waals surface area contributed by atoms with Crippen molar-refractivity contribution in [2.24, 2.45) is 0 Å². The fourth-order valence-electron chi connectivity index (χ4n) is 1.79. The third kappa shape index (κ3) is 2.51. The summed E-state index contributed by atoms with van der Waals surface area (Å²) in [5.74, 6) is -0.664. The van der Waals surface area contributed by atoms with Gasteiger partial charge in [-0.15, -0.1) is 0 Å². The van der Waals surface area contributed by atoms with E-state index >= 15 is 0 Å². The number of rotatable bonds is 2. The molecule has 0 spiro atoms. The second-order valence-corrected chi connectivity index (χ2v) is 6.12. The van der Waals surface area contributed by atoms with E-state index in [1.165, 1.54) is 12.1 Å². The summed E-state index contributed by atoms with van der Waals surface area (Å²) in [6.45, 7) is 1.86. The summed E-state index contributed by atoms with van der Waals surface area (Å²) >= 11 is 0. The number of carbonyl (C=O) groups excluding carboxylic acids is 1. The first-order valence-corrected chi connectivity index (χ1v) is 7.13. The van der Waals surface area contributed by atoms with Crippen LogP contribution in [0, 0.1) is 18.3 Å². The van der Waals surface area contributed by atoms with E-state index in [0.717, 1.165) is 15.9 Å². The van der Waals surface area contributed by atoms with E-state index in [1.54, 1.807) is 12.1 Å². The fourth-order valence-corrected chi connectivity index (χ4v) is 3.15. The summed E-state index contributed by atoms with van der Waals surface area (Å²) in [7, 11) is -3.83. The molecule has 1 aliphatic heterocycles. The maximum Gasteiger partial charge on any atom is 0.266 e. The highest BCUT2D eigenvalue weighted by molar-refractivity contribution is 7.89. The molecule has 0 unspecified atom stereocenters. The van der Waals surface area contributed by atoms with Gasteiger partial charge in [0.15, 0.2) is 0 Å². The zero-order chi connectivity index (χ0) is 14.0. The normalized spacial score (nSPS) is 15.9. The second-order valence-electron chi connectivity index (χ2n) is 4.26. The minimum Gasteiger partial charge on any atom is -0.269 e. The predicted molar refractivity (Wildman–Crippen MR) is 68.4 cm³/mol. The molecule has 0 radical (unpaired) electrons. The Labute approximate surface area is 111 Å². The van der Waals surface area contributed by atoms with E-state index in [9.17, 15) is 13.2 Å². The van der Waals surface area contributed by atoms with Gasteiger partial charge >= 0.3 is 0 Å². The van der Waals surface area contributed by atoms with Crippen molar-refractivity contribution >= 4 is 15.9 Å². The SMILES string of the molecule is Cc1ccc(S(=O)(=O)N2CCC(C#N)=CC2=O)cc1. The van der Waals surface area contributed by atoms with Gasteiger partial charge in [-0.05, 0) is 19.1 Å². The molecule has 0 N–H and O–H groups in total. The van der Waals surface area contributed by atoms with E-state index in [0.29, 0.717) is 5.57 Å². The number of sulfonamides is 1. The summed E-state index contributed by atoms with van der Waals surface area (Å²) in [6.07, 6.45) is 1.34. The van der Waals surface area contributed by atoms with Crippen molar-refractivity contribution in [1.82, 2.24) is 4.31 Å². The minimum absolute atomic E-state index is 0.00837. The Morgan fingerprint density at radius 2 is 1.89 bits per heavy atom. The first-order chi connectivity index (χ1) is 8.95. The smallest absolute Gasteiger partial charge is 0.266 e. The highest BCUT2D eigenvalue weighted by Crippen LogP contribution is 2.21. The third-order valence-electron chi connectivity index (χ3n) is 2.88.